The molecule has 2 aromatic rings. The van der Waals surface area contributed by atoms with Gasteiger partial charge in [-0.1, -0.05) is 37.3 Å². The van der Waals surface area contributed by atoms with Crippen molar-refractivity contribution in [2.75, 3.05) is 39.1 Å². The molecule has 0 bridgehead atoms. The van der Waals surface area contributed by atoms with E-state index in [4.69, 9.17) is 4.74 Å². The molecule has 0 aliphatic rings. The molecule has 0 spiro atoms. The molecular weight excluding hydrogens is 402 g/mol. The number of benzene rings is 1. The maximum absolute atomic E-state index is 12.6. The van der Waals surface area contributed by atoms with Gasteiger partial charge in [0.15, 0.2) is 13.1 Å². The number of aryl methyl sites for hydroxylation is 1. The maximum atomic E-state index is 12.6. The van der Waals surface area contributed by atoms with Gasteiger partial charge in [-0.15, -0.1) is 11.3 Å². The number of nitrogens with one attached hydrogen (secondary N) is 2. The first-order valence-electron chi connectivity index (χ1n) is 9.89. The number of carbonyl (C=O) groups excluding carboxylic acids is 3. The number of hydrogen-bond acceptors (Lipinski definition) is 5. The van der Waals surface area contributed by atoms with Crippen LogP contribution >= 0.6 is 11.3 Å². The van der Waals surface area contributed by atoms with Crippen molar-refractivity contribution in [2.45, 2.75) is 26.8 Å². The van der Waals surface area contributed by atoms with Crippen molar-refractivity contribution in [1.82, 2.24) is 5.32 Å². The van der Waals surface area contributed by atoms with E-state index >= 15 is 0 Å². The van der Waals surface area contributed by atoms with Crippen molar-refractivity contribution < 1.29 is 23.6 Å². The third-order valence-electron chi connectivity index (χ3n) is 4.34. The topological polar surface area (TPSA) is 84.5 Å². The lowest BCUT2D eigenvalue weighted by atomic mass is 10.2. The smallest absolute Gasteiger partial charge is 0.350 e. The Morgan fingerprint density at radius 2 is 1.73 bits per heavy atom. The normalized spacial score (nSPS) is 11.1. The lowest BCUT2D eigenvalue weighted by Gasteiger charge is -2.28. The Balaban J connectivity index is 1.91. The van der Waals surface area contributed by atoms with Crippen LogP contribution in [-0.4, -0.2) is 56.1 Å². The highest BCUT2D eigenvalue weighted by Crippen LogP contribution is 2.28. The lowest BCUT2D eigenvalue weighted by molar-refractivity contribution is -0.874. The Kier molecular flexibility index (Phi) is 8.56. The SMILES string of the molecule is CCCOC(=O)c1scc(C)c1NC(=O)C[N+](C)(C)CC(=O)NCc1ccccc1. The van der Waals surface area contributed by atoms with Gasteiger partial charge in [-0.05, 0) is 29.9 Å². The number of amides is 2. The molecule has 7 nitrogen and oxygen atoms in total. The van der Waals surface area contributed by atoms with Crippen LogP contribution in [0.4, 0.5) is 5.69 Å². The zero-order chi connectivity index (χ0) is 22.1. The van der Waals surface area contributed by atoms with E-state index in [1.807, 2.05) is 63.7 Å². The molecule has 1 aromatic carbocycles. The Hall–Kier alpha value is -2.71. The third kappa shape index (κ3) is 7.27. The average Bonchev–Trinajstić information content (AvgIpc) is 3.04. The highest BCUT2D eigenvalue weighted by molar-refractivity contribution is 7.12. The molecule has 0 fully saturated rings. The van der Waals surface area contributed by atoms with E-state index in [9.17, 15) is 14.4 Å². The fraction of sp³-hybridized carbons (Fsp3) is 0.409. The molecule has 0 unspecified atom stereocenters. The summed E-state index contributed by atoms with van der Waals surface area (Å²) in [7, 11) is 3.64. The van der Waals surface area contributed by atoms with Crippen LogP contribution in [-0.2, 0) is 20.9 Å². The highest BCUT2D eigenvalue weighted by atomic mass is 32.1. The molecule has 2 rings (SSSR count). The summed E-state index contributed by atoms with van der Waals surface area (Å²) in [4.78, 5) is 37.5. The second-order valence-electron chi connectivity index (χ2n) is 7.82. The van der Waals surface area contributed by atoms with Crippen molar-refractivity contribution in [2.24, 2.45) is 0 Å². The number of likely N-dealkylation sites (N-methyl/N-ethyl adjacent to an activating group) is 1. The Labute approximate surface area is 181 Å². The molecule has 30 heavy (non-hydrogen) atoms. The van der Waals surface area contributed by atoms with E-state index in [1.54, 1.807) is 0 Å². The zero-order valence-corrected chi connectivity index (χ0v) is 18.8. The molecule has 0 saturated heterocycles. The fourth-order valence-corrected chi connectivity index (χ4v) is 3.77. The summed E-state index contributed by atoms with van der Waals surface area (Å²) >= 11 is 1.25. The average molecular weight is 433 g/mol. The van der Waals surface area contributed by atoms with E-state index in [0.29, 0.717) is 23.7 Å². The van der Waals surface area contributed by atoms with Crippen LogP contribution in [0.25, 0.3) is 0 Å². The van der Waals surface area contributed by atoms with Crippen molar-refractivity contribution in [3.05, 3.63) is 51.7 Å². The zero-order valence-electron chi connectivity index (χ0n) is 18.0. The molecule has 1 aromatic heterocycles. The minimum Gasteiger partial charge on any atom is -0.461 e. The van der Waals surface area contributed by atoms with Crippen LogP contribution in [0.5, 0.6) is 0 Å². The summed E-state index contributed by atoms with van der Waals surface area (Å²) < 4.78 is 5.38. The second-order valence-corrected chi connectivity index (χ2v) is 8.70. The van der Waals surface area contributed by atoms with Crippen molar-refractivity contribution >= 4 is 34.8 Å². The fourth-order valence-electron chi connectivity index (χ4n) is 2.87. The van der Waals surface area contributed by atoms with Crippen LogP contribution in [0.1, 0.15) is 34.1 Å². The number of esters is 1. The highest BCUT2D eigenvalue weighted by Gasteiger charge is 2.26. The molecule has 162 valence electrons. The predicted octanol–water partition coefficient (Wildman–Crippen LogP) is 2.95. The summed E-state index contributed by atoms with van der Waals surface area (Å²) in [6, 6.07) is 9.66. The Morgan fingerprint density at radius 3 is 2.40 bits per heavy atom. The summed E-state index contributed by atoms with van der Waals surface area (Å²) in [6.07, 6.45) is 0.732. The summed E-state index contributed by atoms with van der Waals surface area (Å²) in [6.45, 7) is 4.80. The number of hydrogen-bond donors (Lipinski definition) is 2. The number of rotatable bonds is 10. The van der Waals surface area contributed by atoms with E-state index in [-0.39, 0.29) is 29.4 Å². The standard InChI is InChI=1S/C22H29N3O4S/c1-5-11-29-22(28)21-20(16(2)15-30-21)24-19(27)14-25(3,4)13-18(26)23-12-17-9-7-6-8-10-17/h6-10,15H,5,11-14H2,1-4H3,(H-,23,24,26,27,28)/p+1. The molecule has 0 aliphatic carbocycles. The minimum atomic E-state index is -0.431. The number of anilines is 1. The van der Waals surface area contributed by atoms with Gasteiger partial charge in [0.1, 0.15) is 4.88 Å². The predicted molar refractivity (Wildman–Crippen MR) is 118 cm³/mol. The minimum absolute atomic E-state index is 0.0947. The first-order chi connectivity index (χ1) is 14.2. The number of carbonyl (C=O) groups is 3. The first-order valence-corrected chi connectivity index (χ1v) is 10.8. The van der Waals surface area contributed by atoms with E-state index in [2.05, 4.69) is 10.6 Å². The molecule has 0 saturated carbocycles. The monoisotopic (exact) mass is 432 g/mol. The lowest BCUT2D eigenvalue weighted by Crippen LogP contribution is -2.51. The van der Waals surface area contributed by atoms with E-state index in [0.717, 1.165) is 17.5 Å². The van der Waals surface area contributed by atoms with Gasteiger partial charge in [0.25, 0.3) is 11.8 Å². The van der Waals surface area contributed by atoms with Gasteiger partial charge in [0, 0.05) is 6.54 Å². The molecular formula is C22H30N3O4S+. The van der Waals surface area contributed by atoms with Gasteiger partial charge in [-0.25, -0.2) is 4.79 Å². The van der Waals surface area contributed by atoms with Crippen molar-refractivity contribution in [3.8, 4) is 0 Å². The summed E-state index contributed by atoms with van der Waals surface area (Å²) in [5, 5.41) is 7.52. The number of thiophene rings is 1. The van der Waals surface area contributed by atoms with Gasteiger partial charge in [-0.2, -0.15) is 0 Å². The number of quaternary nitrogens is 1. The number of ether oxygens (including phenoxy) is 1. The van der Waals surface area contributed by atoms with E-state index in [1.165, 1.54) is 11.3 Å². The first kappa shape index (κ1) is 23.6. The van der Waals surface area contributed by atoms with Gasteiger partial charge >= 0.3 is 5.97 Å². The molecule has 0 atom stereocenters. The third-order valence-corrected chi connectivity index (χ3v) is 5.42. The molecule has 2 N–H and O–H groups in total. The van der Waals surface area contributed by atoms with Crippen LogP contribution in [0.2, 0.25) is 0 Å². The van der Waals surface area contributed by atoms with Gasteiger partial charge in [0.2, 0.25) is 0 Å². The van der Waals surface area contributed by atoms with Crippen LogP contribution in [0.15, 0.2) is 35.7 Å². The molecule has 1 heterocycles. The van der Waals surface area contributed by atoms with Crippen molar-refractivity contribution in [1.29, 1.82) is 0 Å². The van der Waals surface area contributed by atoms with E-state index < -0.39 is 5.97 Å². The largest absolute Gasteiger partial charge is 0.461 e. The number of nitrogens with zero attached hydrogens (tertiary/aromatic N) is 1. The Morgan fingerprint density at radius 1 is 1.07 bits per heavy atom. The van der Waals surface area contributed by atoms with Gasteiger partial charge in [0.05, 0.1) is 26.4 Å². The van der Waals surface area contributed by atoms with Crippen LogP contribution in [0.3, 0.4) is 0 Å². The Bertz CT molecular complexity index is 878. The summed E-state index contributed by atoms with van der Waals surface area (Å²) in [5.41, 5.74) is 2.31. The van der Waals surface area contributed by atoms with Gasteiger partial charge < -0.3 is 19.9 Å². The quantitative estimate of drug-likeness (QED) is 0.447. The molecule has 0 aliphatic heterocycles. The molecule has 8 heteroatoms. The summed E-state index contributed by atoms with van der Waals surface area (Å²) in [5.74, 6) is -0.826. The van der Waals surface area contributed by atoms with Crippen LogP contribution in [0, 0.1) is 6.92 Å². The van der Waals surface area contributed by atoms with Gasteiger partial charge in [-0.3, -0.25) is 9.59 Å². The van der Waals surface area contributed by atoms with Crippen molar-refractivity contribution in [3.63, 3.8) is 0 Å². The van der Waals surface area contributed by atoms with Crippen LogP contribution < -0.4 is 10.6 Å². The molecule has 2 amide bonds. The maximum Gasteiger partial charge on any atom is 0.350 e. The molecule has 0 radical (unpaired) electrons. The second kappa shape index (κ2) is 10.9.